The summed E-state index contributed by atoms with van der Waals surface area (Å²) in [6, 6.07) is 0. The van der Waals surface area contributed by atoms with Gasteiger partial charge in [-0.2, -0.15) is 4.31 Å². The van der Waals surface area contributed by atoms with E-state index in [-0.39, 0.29) is 12.5 Å². The highest BCUT2D eigenvalue weighted by Gasteiger charge is 2.18. The molecule has 20 heavy (non-hydrogen) atoms. The van der Waals surface area contributed by atoms with Crippen LogP contribution < -0.4 is 5.32 Å². The van der Waals surface area contributed by atoms with E-state index < -0.39 is 10.0 Å². The van der Waals surface area contributed by atoms with Gasteiger partial charge in [0, 0.05) is 13.1 Å². The zero-order chi connectivity index (χ0) is 15.0. The monoisotopic (exact) mass is 302 g/mol. The summed E-state index contributed by atoms with van der Waals surface area (Å²) in [5.41, 5.74) is 1.41. The fraction of sp³-hybridized carbons (Fsp3) is 0.786. The highest BCUT2D eigenvalue weighted by molar-refractivity contribution is 7.88. The van der Waals surface area contributed by atoms with E-state index in [9.17, 15) is 13.2 Å². The number of allylic oxidation sites excluding steroid dienone is 1. The Morgan fingerprint density at radius 2 is 2.15 bits per heavy atom. The fourth-order valence-electron chi connectivity index (χ4n) is 2.32. The minimum atomic E-state index is -3.31. The minimum Gasteiger partial charge on any atom is -0.355 e. The van der Waals surface area contributed by atoms with Crippen molar-refractivity contribution in [3.8, 4) is 0 Å². The Hall–Kier alpha value is -0.880. The fourth-order valence-corrected chi connectivity index (χ4v) is 3.19. The summed E-state index contributed by atoms with van der Waals surface area (Å²) in [5, 5.41) is 2.81. The zero-order valence-electron chi connectivity index (χ0n) is 12.5. The molecule has 5 nitrogen and oxygen atoms in total. The lowest BCUT2D eigenvalue weighted by atomic mass is 9.97. The van der Waals surface area contributed by atoms with Crippen LogP contribution in [-0.2, 0) is 14.8 Å². The molecule has 0 bridgehead atoms. The van der Waals surface area contributed by atoms with Gasteiger partial charge in [0.1, 0.15) is 0 Å². The van der Waals surface area contributed by atoms with Crippen LogP contribution in [0, 0.1) is 0 Å². The van der Waals surface area contributed by atoms with E-state index in [0.717, 1.165) is 25.5 Å². The van der Waals surface area contributed by atoms with E-state index in [0.29, 0.717) is 19.5 Å². The lowest BCUT2D eigenvalue weighted by molar-refractivity contribution is -0.121. The summed E-state index contributed by atoms with van der Waals surface area (Å²) in [6.07, 6.45) is 9.74. The second-order valence-corrected chi connectivity index (χ2v) is 7.29. The topological polar surface area (TPSA) is 66.5 Å². The van der Waals surface area contributed by atoms with Crippen LogP contribution in [0.25, 0.3) is 0 Å². The third-order valence-electron chi connectivity index (χ3n) is 3.42. The van der Waals surface area contributed by atoms with Crippen molar-refractivity contribution >= 4 is 15.9 Å². The Bertz CT molecular complexity index is 443. The standard InChI is InChI=1S/C14H26N2O3S/c1-3-11-16(20(2,18)19)12-14(17)15-10-9-13-7-5-4-6-8-13/h7H,3-6,8-12H2,1-2H3,(H,15,17). The molecule has 0 atom stereocenters. The molecule has 0 aliphatic heterocycles. The third kappa shape index (κ3) is 6.52. The van der Waals surface area contributed by atoms with E-state index >= 15 is 0 Å². The van der Waals surface area contributed by atoms with Crippen molar-refractivity contribution in [1.82, 2.24) is 9.62 Å². The van der Waals surface area contributed by atoms with Crippen LogP contribution in [0.4, 0.5) is 0 Å². The minimum absolute atomic E-state index is 0.0777. The molecule has 0 radical (unpaired) electrons. The molecule has 1 N–H and O–H groups in total. The molecule has 0 aromatic rings. The maximum absolute atomic E-state index is 11.8. The molecule has 0 heterocycles. The number of carbonyl (C=O) groups excluding carboxylic acids is 1. The molecular weight excluding hydrogens is 276 g/mol. The Morgan fingerprint density at radius 1 is 1.40 bits per heavy atom. The van der Waals surface area contributed by atoms with Gasteiger partial charge in [0.2, 0.25) is 15.9 Å². The largest absolute Gasteiger partial charge is 0.355 e. The SMILES string of the molecule is CCCN(CC(=O)NCCC1=CCCCC1)S(C)(=O)=O. The zero-order valence-corrected chi connectivity index (χ0v) is 13.3. The van der Waals surface area contributed by atoms with Crippen molar-refractivity contribution in [2.45, 2.75) is 45.4 Å². The molecule has 0 aromatic carbocycles. The van der Waals surface area contributed by atoms with Gasteiger partial charge in [0.05, 0.1) is 12.8 Å². The molecule has 0 unspecified atom stereocenters. The summed E-state index contributed by atoms with van der Waals surface area (Å²) in [6.45, 7) is 2.79. The average Bonchev–Trinajstić information content (AvgIpc) is 2.38. The smallest absolute Gasteiger partial charge is 0.235 e. The average molecular weight is 302 g/mol. The maximum atomic E-state index is 11.8. The van der Waals surface area contributed by atoms with Gasteiger partial charge in [-0.1, -0.05) is 18.6 Å². The van der Waals surface area contributed by atoms with Crippen molar-refractivity contribution in [1.29, 1.82) is 0 Å². The number of hydrogen-bond donors (Lipinski definition) is 1. The first-order valence-electron chi connectivity index (χ1n) is 7.33. The van der Waals surface area contributed by atoms with E-state index in [1.165, 1.54) is 22.7 Å². The van der Waals surface area contributed by atoms with Crippen molar-refractivity contribution in [3.63, 3.8) is 0 Å². The summed E-state index contributed by atoms with van der Waals surface area (Å²) in [5.74, 6) is -0.222. The van der Waals surface area contributed by atoms with Gasteiger partial charge in [-0.25, -0.2) is 8.42 Å². The molecule has 1 aliphatic rings. The molecule has 0 spiro atoms. The molecule has 6 heteroatoms. The molecule has 1 rings (SSSR count). The quantitative estimate of drug-likeness (QED) is 0.694. The first-order chi connectivity index (χ1) is 9.43. The number of rotatable bonds is 8. The predicted molar refractivity (Wildman–Crippen MR) is 80.9 cm³/mol. The van der Waals surface area contributed by atoms with Gasteiger partial charge in [-0.05, 0) is 38.5 Å². The van der Waals surface area contributed by atoms with Gasteiger partial charge in [0.15, 0.2) is 0 Å². The maximum Gasteiger partial charge on any atom is 0.235 e. The van der Waals surface area contributed by atoms with Crippen LogP contribution in [-0.4, -0.2) is 44.5 Å². The first-order valence-corrected chi connectivity index (χ1v) is 9.18. The van der Waals surface area contributed by atoms with Crippen molar-refractivity contribution < 1.29 is 13.2 Å². The number of nitrogens with zero attached hydrogens (tertiary/aromatic N) is 1. The van der Waals surface area contributed by atoms with Crippen LogP contribution in [0.2, 0.25) is 0 Å². The molecular formula is C14H26N2O3S. The normalized spacial score (nSPS) is 16.1. The lowest BCUT2D eigenvalue weighted by Gasteiger charge is -2.19. The molecule has 0 saturated heterocycles. The Labute approximate surface area is 122 Å². The molecule has 1 amide bonds. The number of amides is 1. The van der Waals surface area contributed by atoms with Crippen LogP contribution >= 0.6 is 0 Å². The Morgan fingerprint density at radius 3 is 2.70 bits per heavy atom. The van der Waals surface area contributed by atoms with Crippen LogP contribution in [0.15, 0.2) is 11.6 Å². The molecule has 116 valence electrons. The second-order valence-electron chi connectivity index (χ2n) is 5.30. The highest BCUT2D eigenvalue weighted by atomic mass is 32.2. The second kappa shape index (κ2) is 8.42. The third-order valence-corrected chi connectivity index (χ3v) is 4.67. The van der Waals surface area contributed by atoms with Crippen LogP contribution in [0.1, 0.15) is 45.4 Å². The summed E-state index contributed by atoms with van der Waals surface area (Å²) in [7, 11) is -3.31. The van der Waals surface area contributed by atoms with Crippen LogP contribution in [0.5, 0.6) is 0 Å². The van der Waals surface area contributed by atoms with Gasteiger partial charge < -0.3 is 5.32 Å². The lowest BCUT2D eigenvalue weighted by Crippen LogP contribution is -2.40. The van der Waals surface area contributed by atoms with Gasteiger partial charge in [-0.15, -0.1) is 0 Å². The number of nitrogens with one attached hydrogen (secondary N) is 1. The van der Waals surface area contributed by atoms with E-state index in [1.54, 1.807) is 0 Å². The van der Waals surface area contributed by atoms with Crippen molar-refractivity contribution in [2.24, 2.45) is 0 Å². The van der Waals surface area contributed by atoms with E-state index in [1.807, 2.05) is 6.92 Å². The number of sulfonamides is 1. The molecule has 0 saturated carbocycles. The van der Waals surface area contributed by atoms with Gasteiger partial charge in [-0.3, -0.25) is 4.79 Å². The van der Waals surface area contributed by atoms with Gasteiger partial charge >= 0.3 is 0 Å². The molecule has 1 aliphatic carbocycles. The number of hydrogen-bond acceptors (Lipinski definition) is 3. The van der Waals surface area contributed by atoms with Crippen molar-refractivity contribution in [2.75, 3.05) is 25.9 Å². The Kier molecular flexibility index (Phi) is 7.23. The summed E-state index contributed by atoms with van der Waals surface area (Å²) in [4.78, 5) is 11.8. The number of carbonyl (C=O) groups is 1. The summed E-state index contributed by atoms with van der Waals surface area (Å²) >= 11 is 0. The van der Waals surface area contributed by atoms with Crippen LogP contribution in [0.3, 0.4) is 0 Å². The van der Waals surface area contributed by atoms with Gasteiger partial charge in [0.25, 0.3) is 0 Å². The predicted octanol–water partition coefficient (Wildman–Crippen LogP) is 1.66. The van der Waals surface area contributed by atoms with Crippen molar-refractivity contribution in [3.05, 3.63) is 11.6 Å². The Balaban J connectivity index is 2.33. The van der Waals surface area contributed by atoms with E-state index in [2.05, 4.69) is 11.4 Å². The summed E-state index contributed by atoms with van der Waals surface area (Å²) < 4.78 is 24.3. The first kappa shape index (κ1) is 17.2. The van der Waals surface area contributed by atoms with E-state index in [4.69, 9.17) is 0 Å². The molecule has 0 aromatic heterocycles. The highest BCUT2D eigenvalue weighted by Crippen LogP contribution is 2.19. The molecule has 0 fully saturated rings.